The predicted molar refractivity (Wildman–Crippen MR) is 79.4 cm³/mol. The van der Waals surface area contributed by atoms with Gasteiger partial charge >= 0.3 is 0 Å². The summed E-state index contributed by atoms with van der Waals surface area (Å²) < 4.78 is 27.4. The van der Waals surface area contributed by atoms with E-state index in [0.29, 0.717) is 10.5 Å². The molecule has 0 unspecified atom stereocenters. The van der Waals surface area contributed by atoms with E-state index >= 15 is 0 Å². The van der Waals surface area contributed by atoms with Crippen LogP contribution in [0.2, 0.25) is 0 Å². The van der Waals surface area contributed by atoms with Crippen LogP contribution in [0.5, 0.6) is 0 Å². The molecule has 102 valence electrons. The van der Waals surface area contributed by atoms with Gasteiger partial charge in [0.15, 0.2) is 5.13 Å². The Morgan fingerprint density at radius 3 is 2.85 bits per heavy atom. The molecule has 0 atom stereocenters. The van der Waals surface area contributed by atoms with Crippen molar-refractivity contribution in [1.82, 2.24) is 9.97 Å². The largest absolute Gasteiger partial charge is 0.264 e. The van der Waals surface area contributed by atoms with Gasteiger partial charge in [-0.3, -0.25) is 9.71 Å². The fraction of sp³-hybridized carbons (Fsp3) is 0.0769. The molecule has 5 nitrogen and oxygen atoms in total. The van der Waals surface area contributed by atoms with E-state index < -0.39 is 10.0 Å². The number of sulfonamides is 1. The Balaban J connectivity index is 2.09. The van der Waals surface area contributed by atoms with Crippen LogP contribution in [0.3, 0.4) is 0 Å². The lowest BCUT2D eigenvalue weighted by Crippen LogP contribution is -2.13. The Kier molecular flexibility index (Phi) is 3.15. The molecule has 1 N–H and O–H groups in total. The number of rotatable bonds is 3. The lowest BCUT2D eigenvalue weighted by molar-refractivity contribution is 0.602. The second-order valence-electron chi connectivity index (χ2n) is 4.25. The third-order valence-corrected chi connectivity index (χ3v) is 5.17. The van der Waals surface area contributed by atoms with Crippen LogP contribution in [0.15, 0.2) is 46.9 Å². The highest BCUT2D eigenvalue weighted by Crippen LogP contribution is 2.25. The maximum atomic E-state index is 12.5. The average Bonchev–Trinajstić information content (AvgIpc) is 2.82. The molecule has 20 heavy (non-hydrogen) atoms. The van der Waals surface area contributed by atoms with Gasteiger partial charge in [-0.25, -0.2) is 13.4 Å². The summed E-state index contributed by atoms with van der Waals surface area (Å²) in [6.07, 6.45) is 3.22. The van der Waals surface area contributed by atoms with E-state index in [0.717, 1.165) is 11.1 Å². The SMILES string of the molecule is Cc1csc(NS(=O)(=O)c2cccc3cnccc23)n1. The lowest BCUT2D eigenvalue weighted by atomic mass is 10.2. The molecule has 0 saturated carbocycles. The summed E-state index contributed by atoms with van der Waals surface area (Å²) in [4.78, 5) is 8.34. The second-order valence-corrected chi connectivity index (χ2v) is 6.76. The molecule has 0 saturated heterocycles. The highest BCUT2D eigenvalue weighted by Gasteiger charge is 2.18. The van der Waals surface area contributed by atoms with Crippen molar-refractivity contribution in [2.45, 2.75) is 11.8 Å². The Hall–Kier alpha value is -1.99. The average molecular weight is 305 g/mol. The van der Waals surface area contributed by atoms with Crippen LogP contribution >= 0.6 is 11.3 Å². The molecule has 3 aromatic rings. The molecule has 7 heteroatoms. The van der Waals surface area contributed by atoms with Crippen molar-refractivity contribution in [3.8, 4) is 0 Å². The van der Waals surface area contributed by atoms with Gasteiger partial charge in [-0.15, -0.1) is 11.3 Å². The molecule has 2 aromatic heterocycles. The molecule has 0 spiro atoms. The number of nitrogens with one attached hydrogen (secondary N) is 1. The summed E-state index contributed by atoms with van der Waals surface area (Å²) in [6.45, 7) is 1.82. The molecule has 3 rings (SSSR count). The minimum absolute atomic E-state index is 0.227. The molecule has 0 aliphatic heterocycles. The molecule has 0 fully saturated rings. The fourth-order valence-electron chi connectivity index (χ4n) is 1.90. The quantitative estimate of drug-likeness (QED) is 0.807. The van der Waals surface area contributed by atoms with E-state index in [1.165, 1.54) is 11.3 Å². The summed E-state index contributed by atoms with van der Waals surface area (Å²) in [7, 11) is -3.66. The first-order valence-electron chi connectivity index (χ1n) is 5.84. The number of aryl methyl sites for hydroxylation is 1. The van der Waals surface area contributed by atoms with Gasteiger partial charge in [-0.2, -0.15) is 0 Å². The van der Waals surface area contributed by atoms with E-state index in [-0.39, 0.29) is 4.90 Å². The molecule has 0 aliphatic rings. The van der Waals surface area contributed by atoms with Gasteiger partial charge in [0, 0.05) is 28.5 Å². The summed E-state index contributed by atoms with van der Waals surface area (Å²) in [5, 5.41) is 3.59. The number of benzene rings is 1. The van der Waals surface area contributed by atoms with Crippen LogP contribution in [0.25, 0.3) is 10.8 Å². The normalized spacial score (nSPS) is 11.7. The van der Waals surface area contributed by atoms with Crippen molar-refractivity contribution in [3.05, 3.63) is 47.7 Å². The molecular weight excluding hydrogens is 294 g/mol. The summed E-state index contributed by atoms with van der Waals surface area (Å²) in [5.74, 6) is 0. The maximum Gasteiger partial charge on any atom is 0.264 e. The number of hydrogen-bond acceptors (Lipinski definition) is 5. The second kappa shape index (κ2) is 4.84. The summed E-state index contributed by atoms with van der Waals surface area (Å²) in [5.41, 5.74) is 0.787. The zero-order valence-corrected chi connectivity index (χ0v) is 12.2. The van der Waals surface area contributed by atoms with E-state index in [1.807, 2.05) is 13.0 Å². The molecule has 0 aliphatic carbocycles. The number of thiazole rings is 1. The molecule has 1 aromatic carbocycles. The summed E-state index contributed by atoms with van der Waals surface area (Å²) >= 11 is 1.26. The first-order valence-corrected chi connectivity index (χ1v) is 8.20. The van der Waals surface area contributed by atoms with Crippen LogP contribution in [0.1, 0.15) is 5.69 Å². The Labute approximate surface area is 120 Å². The van der Waals surface area contributed by atoms with E-state index in [2.05, 4.69) is 14.7 Å². The van der Waals surface area contributed by atoms with Crippen LogP contribution in [0.4, 0.5) is 5.13 Å². The molecule has 0 bridgehead atoms. The zero-order chi connectivity index (χ0) is 14.2. The van der Waals surface area contributed by atoms with Gasteiger partial charge in [0.05, 0.1) is 10.6 Å². The monoisotopic (exact) mass is 305 g/mol. The topological polar surface area (TPSA) is 72.0 Å². The number of nitrogens with zero attached hydrogens (tertiary/aromatic N) is 2. The van der Waals surface area contributed by atoms with Crippen molar-refractivity contribution in [1.29, 1.82) is 0 Å². The van der Waals surface area contributed by atoms with E-state index in [4.69, 9.17) is 0 Å². The first-order chi connectivity index (χ1) is 9.56. The number of hydrogen-bond donors (Lipinski definition) is 1. The van der Waals surface area contributed by atoms with Crippen molar-refractivity contribution < 1.29 is 8.42 Å². The van der Waals surface area contributed by atoms with Gasteiger partial charge < -0.3 is 0 Å². The first kappa shape index (κ1) is 13.0. The van der Waals surface area contributed by atoms with Gasteiger partial charge in [0.2, 0.25) is 0 Å². The molecule has 2 heterocycles. The van der Waals surface area contributed by atoms with Crippen molar-refractivity contribution in [2.75, 3.05) is 4.72 Å². The van der Waals surface area contributed by atoms with Gasteiger partial charge in [0.1, 0.15) is 0 Å². The zero-order valence-electron chi connectivity index (χ0n) is 10.6. The third-order valence-electron chi connectivity index (χ3n) is 2.77. The lowest BCUT2D eigenvalue weighted by Gasteiger charge is -2.08. The van der Waals surface area contributed by atoms with E-state index in [9.17, 15) is 8.42 Å². The van der Waals surface area contributed by atoms with Gasteiger partial charge in [-0.05, 0) is 19.1 Å². The minimum atomic E-state index is -3.66. The summed E-state index contributed by atoms with van der Waals surface area (Å²) in [6, 6.07) is 6.79. The Morgan fingerprint density at radius 1 is 1.25 bits per heavy atom. The van der Waals surface area contributed by atoms with Gasteiger partial charge in [0.25, 0.3) is 10.0 Å². The van der Waals surface area contributed by atoms with Crippen LogP contribution in [-0.4, -0.2) is 18.4 Å². The predicted octanol–water partition coefficient (Wildman–Crippen LogP) is 2.80. The minimum Gasteiger partial charge on any atom is -0.264 e. The smallest absolute Gasteiger partial charge is 0.264 e. The maximum absolute atomic E-state index is 12.5. The Bertz CT molecular complexity index is 867. The van der Waals surface area contributed by atoms with Crippen LogP contribution in [-0.2, 0) is 10.0 Å². The standard InChI is InChI=1S/C13H11N3O2S2/c1-9-8-19-13(15-9)16-20(17,18)12-4-2-3-10-7-14-6-5-11(10)12/h2-8H,1H3,(H,15,16). The molecule has 0 radical (unpaired) electrons. The van der Waals surface area contributed by atoms with E-state index in [1.54, 1.807) is 36.0 Å². The highest BCUT2D eigenvalue weighted by molar-refractivity contribution is 7.93. The molecule has 0 amide bonds. The van der Waals surface area contributed by atoms with Crippen LogP contribution < -0.4 is 4.72 Å². The number of aromatic nitrogens is 2. The molecular formula is C13H11N3O2S2. The number of fused-ring (bicyclic) bond motifs is 1. The highest BCUT2D eigenvalue weighted by atomic mass is 32.2. The third kappa shape index (κ3) is 2.37. The Morgan fingerprint density at radius 2 is 2.10 bits per heavy atom. The van der Waals surface area contributed by atoms with Crippen molar-refractivity contribution in [3.63, 3.8) is 0 Å². The number of pyridine rings is 1. The van der Waals surface area contributed by atoms with Gasteiger partial charge in [-0.1, -0.05) is 12.1 Å². The number of anilines is 1. The van der Waals surface area contributed by atoms with Crippen molar-refractivity contribution >= 4 is 37.3 Å². The van der Waals surface area contributed by atoms with Crippen molar-refractivity contribution in [2.24, 2.45) is 0 Å². The van der Waals surface area contributed by atoms with Crippen LogP contribution in [0, 0.1) is 6.92 Å². The fourth-order valence-corrected chi connectivity index (χ4v) is 4.07.